The summed E-state index contributed by atoms with van der Waals surface area (Å²) in [6, 6.07) is 6.29. The Morgan fingerprint density at radius 3 is 2.37 bits per heavy atom. The molecule has 4 bridgehead atoms. The van der Waals surface area contributed by atoms with Crippen molar-refractivity contribution in [2.75, 3.05) is 5.32 Å². The second-order valence-electron chi connectivity index (χ2n) is 8.79. The standard InChI is InChI=1S/C21H25N3O3/c25-18(24-19-13-6-11-5-12(8-13)9-14(19)7-11)10-17-21(27)22-16-4-2-1-3-15(16)20(26)23-17/h1-4,11-14,17,19H,5-10H2,(H,22,27)(H,23,26)(H,24,25). The molecule has 142 valence electrons. The molecule has 1 atom stereocenters. The van der Waals surface area contributed by atoms with Gasteiger partial charge in [-0.15, -0.1) is 0 Å². The van der Waals surface area contributed by atoms with Crippen LogP contribution in [-0.4, -0.2) is 29.8 Å². The Balaban J connectivity index is 1.25. The van der Waals surface area contributed by atoms with E-state index in [1.807, 2.05) is 0 Å². The predicted molar refractivity (Wildman–Crippen MR) is 99.9 cm³/mol. The van der Waals surface area contributed by atoms with Crippen molar-refractivity contribution in [3.63, 3.8) is 0 Å². The molecule has 27 heavy (non-hydrogen) atoms. The first kappa shape index (κ1) is 16.8. The van der Waals surface area contributed by atoms with Crippen molar-refractivity contribution in [3.8, 4) is 0 Å². The molecule has 1 heterocycles. The van der Waals surface area contributed by atoms with Crippen LogP contribution >= 0.6 is 0 Å². The molecule has 6 nitrogen and oxygen atoms in total. The summed E-state index contributed by atoms with van der Waals surface area (Å²) < 4.78 is 0. The van der Waals surface area contributed by atoms with E-state index in [9.17, 15) is 14.4 Å². The number of hydrogen-bond donors (Lipinski definition) is 3. The monoisotopic (exact) mass is 367 g/mol. The van der Waals surface area contributed by atoms with Gasteiger partial charge in [0.05, 0.1) is 17.7 Å². The number of amides is 3. The number of para-hydroxylation sites is 1. The highest BCUT2D eigenvalue weighted by molar-refractivity contribution is 6.10. The lowest BCUT2D eigenvalue weighted by molar-refractivity contribution is -0.128. The lowest BCUT2D eigenvalue weighted by atomic mass is 9.54. The molecule has 5 aliphatic rings. The Kier molecular flexibility index (Phi) is 3.95. The fourth-order valence-electron chi connectivity index (χ4n) is 6.05. The average molecular weight is 367 g/mol. The molecule has 3 N–H and O–H groups in total. The number of carbonyl (C=O) groups excluding carboxylic acids is 3. The Bertz CT molecular complexity index is 778. The highest BCUT2D eigenvalue weighted by Crippen LogP contribution is 2.53. The van der Waals surface area contributed by atoms with Crippen LogP contribution in [0.25, 0.3) is 0 Å². The van der Waals surface area contributed by atoms with E-state index in [2.05, 4.69) is 16.0 Å². The molecule has 3 amide bonds. The molecule has 4 fully saturated rings. The maximum Gasteiger partial charge on any atom is 0.254 e. The molecule has 4 aliphatic carbocycles. The van der Waals surface area contributed by atoms with Gasteiger partial charge in [0.15, 0.2) is 0 Å². The molecule has 0 spiro atoms. The Labute approximate surface area is 158 Å². The van der Waals surface area contributed by atoms with Gasteiger partial charge in [0.2, 0.25) is 11.8 Å². The minimum Gasteiger partial charge on any atom is -0.353 e. The molecular formula is C21H25N3O3. The number of carbonyl (C=O) groups is 3. The van der Waals surface area contributed by atoms with E-state index in [1.165, 1.54) is 32.1 Å². The summed E-state index contributed by atoms with van der Waals surface area (Å²) in [5.74, 6) is 2.08. The predicted octanol–water partition coefficient (Wildman–Crippen LogP) is 2.07. The van der Waals surface area contributed by atoms with Crippen molar-refractivity contribution in [2.45, 2.75) is 50.6 Å². The van der Waals surface area contributed by atoms with Crippen LogP contribution in [0.4, 0.5) is 5.69 Å². The number of fused-ring (bicyclic) bond motifs is 1. The van der Waals surface area contributed by atoms with Gasteiger partial charge in [0.25, 0.3) is 5.91 Å². The van der Waals surface area contributed by atoms with Crippen molar-refractivity contribution in [2.24, 2.45) is 23.7 Å². The van der Waals surface area contributed by atoms with E-state index in [-0.39, 0.29) is 30.2 Å². The number of hydrogen-bond acceptors (Lipinski definition) is 3. The lowest BCUT2D eigenvalue weighted by Gasteiger charge is -2.54. The highest BCUT2D eigenvalue weighted by atomic mass is 16.2. The van der Waals surface area contributed by atoms with Crippen LogP contribution in [0.5, 0.6) is 0 Å². The van der Waals surface area contributed by atoms with Crippen LogP contribution in [0.3, 0.4) is 0 Å². The summed E-state index contributed by atoms with van der Waals surface area (Å²) in [5.41, 5.74) is 0.916. The van der Waals surface area contributed by atoms with Gasteiger partial charge in [0, 0.05) is 6.04 Å². The van der Waals surface area contributed by atoms with Gasteiger partial charge in [0.1, 0.15) is 6.04 Å². The smallest absolute Gasteiger partial charge is 0.254 e. The third-order valence-electron chi connectivity index (χ3n) is 7.00. The molecule has 6 rings (SSSR count). The lowest BCUT2D eigenvalue weighted by Crippen LogP contribution is -2.56. The molecule has 6 heteroatoms. The number of rotatable bonds is 3. The van der Waals surface area contributed by atoms with E-state index < -0.39 is 6.04 Å². The van der Waals surface area contributed by atoms with Crippen molar-refractivity contribution in [3.05, 3.63) is 29.8 Å². The van der Waals surface area contributed by atoms with Crippen LogP contribution < -0.4 is 16.0 Å². The van der Waals surface area contributed by atoms with E-state index in [4.69, 9.17) is 0 Å². The quantitative estimate of drug-likeness (QED) is 0.764. The molecule has 1 unspecified atom stereocenters. The molecule has 0 radical (unpaired) electrons. The van der Waals surface area contributed by atoms with E-state index >= 15 is 0 Å². The molecule has 1 aromatic rings. The van der Waals surface area contributed by atoms with Gasteiger partial charge >= 0.3 is 0 Å². The van der Waals surface area contributed by atoms with Crippen LogP contribution in [0.1, 0.15) is 48.9 Å². The zero-order valence-electron chi connectivity index (χ0n) is 15.2. The average Bonchev–Trinajstić information content (AvgIpc) is 2.74. The topological polar surface area (TPSA) is 87.3 Å². The Morgan fingerprint density at radius 2 is 1.67 bits per heavy atom. The molecular weight excluding hydrogens is 342 g/mol. The van der Waals surface area contributed by atoms with Gasteiger partial charge in [-0.1, -0.05) is 12.1 Å². The van der Waals surface area contributed by atoms with Crippen LogP contribution in [-0.2, 0) is 9.59 Å². The third kappa shape index (κ3) is 3.01. The summed E-state index contributed by atoms with van der Waals surface area (Å²) >= 11 is 0. The maximum atomic E-state index is 12.7. The van der Waals surface area contributed by atoms with Crippen LogP contribution in [0.2, 0.25) is 0 Å². The van der Waals surface area contributed by atoms with Crippen molar-refractivity contribution >= 4 is 23.4 Å². The molecule has 1 aliphatic heterocycles. The Morgan fingerprint density at radius 1 is 1.00 bits per heavy atom. The molecule has 0 saturated heterocycles. The largest absolute Gasteiger partial charge is 0.353 e. The fraction of sp³-hybridized carbons (Fsp3) is 0.571. The fourth-order valence-corrected chi connectivity index (χ4v) is 6.05. The van der Waals surface area contributed by atoms with Gasteiger partial charge in [-0.25, -0.2) is 0 Å². The van der Waals surface area contributed by atoms with Gasteiger partial charge in [-0.05, 0) is 67.9 Å². The summed E-state index contributed by atoms with van der Waals surface area (Å²) in [4.78, 5) is 37.6. The molecule has 1 aromatic carbocycles. The number of anilines is 1. The van der Waals surface area contributed by atoms with E-state index in [0.717, 1.165) is 11.8 Å². The third-order valence-corrected chi connectivity index (χ3v) is 7.00. The van der Waals surface area contributed by atoms with Gasteiger partial charge < -0.3 is 16.0 Å². The highest BCUT2D eigenvalue weighted by Gasteiger charge is 2.48. The molecule has 4 saturated carbocycles. The van der Waals surface area contributed by atoms with Gasteiger partial charge in [-0.2, -0.15) is 0 Å². The van der Waals surface area contributed by atoms with E-state index in [0.29, 0.717) is 23.1 Å². The second kappa shape index (κ2) is 6.36. The van der Waals surface area contributed by atoms with Crippen molar-refractivity contribution in [1.29, 1.82) is 0 Å². The second-order valence-corrected chi connectivity index (χ2v) is 8.79. The first-order valence-electron chi connectivity index (χ1n) is 10.1. The number of nitrogens with one attached hydrogen (secondary N) is 3. The van der Waals surface area contributed by atoms with E-state index in [1.54, 1.807) is 24.3 Å². The summed E-state index contributed by atoms with van der Waals surface area (Å²) in [5, 5.41) is 8.68. The normalized spacial score (nSPS) is 36.4. The van der Waals surface area contributed by atoms with Crippen LogP contribution in [0, 0.1) is 23.7 Å². The van der Waals surface area contributed by atoms with Crippen molar-refractivity contribution < 1.29 is 14.4 Å². The SMILES string of the molecule is O=C(CC1NC(=O)c2ccccc2NC1=O)NC1C2CC3CC(C2)CC1C3. The van der Waals surface area contributed by atoms with Crippen LogP contribution in [0.15, 0.2) is 24.3 Å². The zero-order valence-corrected chi connectivity index (χ0v) is 15.2. The van der Waals surface area contributed by atoms with Gasteiger partial charge in [-0.3, -0.25) is 14.4 Å². The summed E-state index contributed by atoms with van der Waals surface area (Å²) in [6.45, 7) is 0. The maximum absolute atomic E-state index is 12.7. The molecule has 0 aromatic heterocycles. The Hall–Kier alpha value is -2.37. The number of benzene rings is 1. The minimum absolute atomic E-state index is 0.0195. The summed E-state index contributed by atoms with van der Waals surface area (Å²) in [7, 11) is 0. The first-order valence-corrected chi connectivity index (χ1v) is 10.1. The first-order chi connectivity index (χ1) is 13.1. The zero-order chi connectivity index (χ0) is 18.5. The summed E-state index contributed by atoms with van der Waals surface area (Å²) in [6.07, 6.45) is 6.28. The minimum atomic E-state index is -0.846. The van der Waals surface area contributed by atoms with Crippen molar-refractivity contribution in [1.82, 2.24) is 10.6 Å².